The molecule has 5 nitrogen and oxygen atoms in total. The first kappa shape index (κ1) is 13.3. The van der Waals surface area contributed by atoms with E-state index < -0.39 is 0 Å². The van der Waals surface area contributed by atoms with Crippen LogP contribution in [0.3, 0.4) is 0 Å². The van der Waals surface area contributed by atoms with Crippen LogP contribution in [0.15, 0.2) is 24.5 Å². The van der Waals surface area contributed by atoms with Gasteiger partial charge < -0.3 is 4.90 Å². The maximum absolute atomic E-state index is 5.40. The molecule has 0 atom stereocenters. The summed E-state index contributed by atoms with van der Waals surface area (Å²) < 4.78 is 2.91. The Labute approximate surface area is 123 Å². The molecule has 2 heterocycles. The highest BCUT2D eigenvalue weighted by atomic mass is 32.1. The van der Waals surface area contributed by atoms with E-state index in [4.69, 9.17) is 12.2 Å². The van der Waals surface area contributed by atoms with E-state index in [0.29, 0.717) is 6.04 Å². The second-order valence-electron chi connectivity index (χ2n) is 5.35. The molecule has 0 spiro atoms. The van der Waals surface area contributed by atoms with Gasteiger partial charge in [0.1, 0.15) is 0 Å². The molecule has 106 valence electrons. The van der Waals surface area contributed by atoms with E-state index in [9.17, 15) is 0 Å². The van der Waals surface area contributed by atoms with Crippen LogP contribution in [0.25, 0.3) is 0 Å². The average Bonchev–Trinajstić information content (AvgIpc) is 3.08. The van der Waals surface area contributed by atoms with Crippen molar-refractivity contribution in [2.45, 2.75) is 38.3 Å². The van der Waals surface area contributed by atoms with E-state index in [0.717, 1.165) is 17.3 Å². The third-order valence-corrected chi connectivity index (χ3v) is 4.17. The molecule has 0 bridgehead atoms. The lowest BCUT2D eigenvalue weighted by atomic mass is 10.2. The first-order valence-corrected chi connectivity index (χ1v) is 7.43. The molecule has 2 aromatic rings. The summed E-state index contributed by atoms with van der Waals surface area (Å²) in [6.07, 6.45) is 8.60. The Balaban J connectivity index is 1.84. The summed E-state index contributed by atoms with van der Waals surface area (Å²) in [5.41, 5.74) is 1.22. The molecule has 1 saturated carbocycles. The summed E-state index contributed by atoms with van der Waals surface area (Å²) in [7, 11) is 2.05. The van der Waals surface area contributed by atoms with E-state index in [1.807, 2.05) is 24.5 Å². The van der Waals surface area contributed by atoms with Gasteiger partial charge in [0.15, 0.2) is 4.77 Å². The van der Waals surface area contributed by atoms with Gasteiger partial charge in [-0.3, -0.25) is 9.55 Å². The topological polar surface area (TPSA) is 49.7 Å². The van der Waals surface area contributed by atoms with Crippen LogP contribution < -0.4 is 4.90 Å². The summed E-state index contributed by atoms with van der Waals surface area (Å²) in [5, 5.41) is 7.36. The average molecular weight is 289 g/mol. The maximum atomic E-state index is 5.40. The first-order valence-electron chi connectivity index (χ1n) is 7.02. The number of anilines is 1. The normalized spacial score (nSPS) is 15.7. The summed E-state index contributed by atoms with van der Waals surface area (Å²) in [4.78, 5) is 6.19. The monoisotopic (exact) mass is 289 g/mol. The number of nitrogens with zero attached hydrogens (tertiary/aromatic N) is 4. The number of rotatable bonds is 4. The van der Waals surface area contributed by atoms with Crippen LogP contribution in [-0.4, -0.2) is 26.8 Å². The minimum atomic E-state index is 0.496. The molecular formula is C14H19N5S. The first-order chi connectivity index (χ1) is 9.75. The lowest BCUT2D eigenvalue weighted by Crippen LogP contribution is -2.22. The van der Waals surface area contributed by atoms with Gasteiger partial charge in [-0.05, 0) is 42.8 Å². The Morgan fingerprint density at radius 1 is 1.35 bits per heavy atom. The number of pyridine rings is 1. The van der Waals surface area contributed by atoms with Crippen LogP contribution in [0.5, 0.6) is 0 Å². The van der Waals surface area contributed by atoms with E-state index in [-0.39, 0.29) is 0 Å². The zero-order chi connectivity index (χ0) is 13.9. The molecule has 6 heteroatoms. The Morgan fingerprint density at radius 2 is 2.05 bits per heavy atom. The second-order valence-corrected chi connectivity index (χ2v) is 5.74. The smallest absolute Gasteiger partial charge is 0.226 e. The van der Waals surface area contributed by atoms with Crippen molar-refractivity contribution in [2.24, 2.45) is 0 Å². The van der Waals surface area contributed by atoms with Gasteiger partial charge in [0.2, 0.25) is 5.95 Å². The van der Waals surface area contributed by atoms with Gasteiger partial charge in [0, 0.05) is 32.0 Å². The molecule has 0 saturated heterocycles. The molecule has 2 aromatic heterocycles. The van der Waals surface area contributed by atoms with Gasteiger partial charge in [-0.1, -0.05) is 12.8 Å². The minimum Gasteiger partial charge on any atom is -0.340 e. The summed E-state index contributed by atoms with van der Waals surface area (Å²) in [6.45, 7) is 0.800. The Hall–Kier alpha value is -1.69. The van der Waals surface area contributed by atoms with Gasteiger partial charge in [0.25, 0.3) is 0 Å². The van der Waals surface area contributed by atoms with Gasteiger partial charge in [-0.2, -0.15) is 0 Å². The zero-order valence-corrected chi connectivity index (χ0v) is 12.4. The third-order valence-electron chi connectivity index (χ3n) is 3.89. The highest BCUT2D eigenvalue weighted by molar-refractivity contribution is 7.71. The lowest BCUT2D eigenvalue weighted by molar-refractivity contribution is 0.509. The SMILES string of the molecule is CN(Cc1ccncc1)c1n[nH]c(=S)n1C1CCCC1. The number of hydrogen-bond donors (Lipinski definition) is 1. The van der Waals surface area contributed by atoms with Crippen molar-refractivity contribution in [1.29, 1.82) is 0 Å². The van der Waals surface area contributed by atoms with Crippen molar-refractivity contribution in [3.05, 3.63) is 34.9 Å². The predicted molar refractivity (Wildman–Crippen MR) is 81.3 cm³/mol. The standard InChI is InChI=1S/C14H19N5S/c1-18(10-11-6-8-15-9-7-11)13-16-17-14(20)19(13)12-4-2-3-5-12/h6-9,12H,2-5,10H2,1H3,(H,17,20). The van der Waals surface area contributed by atoms with Crippen LogP contribution in [0.1, 0.15) is 37.3 Å². The molecule has 1 aliphatic rings. The van der Waals surface area contributed by atoms with Gasteiger partial charge >= 0.3 is 0 Å². The molecule has 0 unspecified atom stereocenters. The third kappa shape index (κ3) is 2.60. The van der Waals surface area contributed by atoms with Crippen LogP contribution in [0, 0.1) is 4.77 Å². The van der Waals surface area contributed by atoms with Gasteiger partial charge in [-0.15, -0.1) is 5.10 Å². The molecule has 0 radical (unpaired) electrons. The van der Waals surface area contributed by atoms with Crippen LogP contribution >= 0.6 is 12.2 Å². The molecular weight excluding hydrogens is 270 g/mol. The van der Waals surface area contributed by atoms with Gasteiger partial charge in [-0.25, -0.2) is 5.10 Å². The quantitative estimate of drug-likeness (QED) is 0.879. The Morgan fingerprint density at radius 3 is 2.75 bits per heavy atom. The molecule has 0 aromatic carbocycles. The fourth-order valence-electron chi connectivity index (χ4n) is 2.89. The Bertz CT molecular complexity index is 612. The van der Waals surface area contributed by atoms with Crippen LogP contribution in [-0.2, 0) is 6.54 Å². The highest BCUT2D eigenvalue weighted by Crippen LogP contribution is 2.32. The molecule has 1 fully saturated rings. The fourth-order valence-corrected chi connectivity index (χ4v) is 3.17. The highest BCUT2D eigenvalue weighted by Gasteiger charge is 2.22. The number of H-pyrrole nitrogens is 1. The molecule has 20 heavy (non-hydrogen) atoms. The summed E-state index contributed by atoms with van der Waals surface area (Å²) in [5.74, 6) is 0.929. The predicted octanol–water partition coefficient (Wildman–Crippen LogP) is 3.09. The Kier molecular flexibility index (Phi) is 3.82. The largest absolute Gasteiger partial charge is 0.340 e. The number of nitrogens with one attached hydrogen (secondary N) is 1. The number of hydrogen-bond acceptors (Lipinski definition) is 4. The van der Waals surface area contributed by atoms with E-state index in [2.05, 4.69) is 31.7 Å². The fraction of sp³-hybridized carbons (Fsp3) is 0.500. The molecule has 3 rings (SSSR count). The van der Waals surface area contributed by atoms with Crippen molar-refractivity contribution in [3.8, 4) is 0 Å². The van der Waals surface area contributed by atoms with E-state index >= 15 is 0 Å². The van der Waals surface area contributed by atoms with Crippen molar-refractivity contribution in [1.82, 2.24) is 19.7 Å². The van der Waals surface area contributed by atoms with Crippen LogP contribution in [0.2, 0.25) is 0 Å². The minimum absolute atomic E-state index is 0.496. The maximum Gasteiger partial charge on any atom is 0.226 e. The van der Waals surface area contributed by atoms with Crippen molar-refractivity contribution in [3.63, 3.8) is 0 Å². The molecule has 1 N–H and O–H groups in total. The van der Waals surface area contributed by atoms with Gasteiger partial charge in [0.05, 0.1) is 0 Å². The lowest BCUT2D eigenvalue weighted by Gasteiger charge is -2.21. The molecule has 1 aliphatic carbocycles. The van der Waals surface area contributed by atoms with Crippen LogP contribution in [0.4, 0.5) is 5.95 Å². The molecule has 0 amide bonds. The van der Waals surface area contributed by atoms with Crippen molar-refractivity contribution >= 4 is 18.2 Å². The van der Waals surface area contributed by atoms with Crippen molar-refractivity contribution in [2.75, 3.05) is 11.9 Å². The second kappa shape index (κ2) is 5.75. The van der Waals surface area contributed by atoms with E-state index in [1.165, 1.54) is 31.2 Å². The van der Waals surface area contributed by atoms with E-state index in [1.54, 1.807) is 0 Å². The number of aromatic amines is 1. The zero-order valence-electron chi connectivity index (χ0n) is 11.6. The van der Waals surface area contributed by atoms with Crippen molar-refractivity contribution < 1.29 is 0 Å². The molecule has 0 aliphatic heterocycles. The summed E-state index contributed by atoms with van der Waals surface area (Å²) in [6, 6.07) is 4.55. The number of aromatic nitrogens is 4. The summed E-state index contributed by atoms with van der Waals surface area (Å²) >= 11 is 5.40.